The van der Waals surface area contributed by atoms with Gasteiger partial charge in [0, 0.05) is 24.8 Å². The van der Waals surface area contributed by atoms with Crippen molar-refractivity contribution in [3.8, 4) is 22.5 Å². The average Bonchev–Trinajstić information content (AvgIpc) is 3.45. The van der Waals surface area contributed by atoms with Gasteiger partial charge in [0.15, 0.2) is 11.5 Å². The van der Waals surface area contributed by atoms with Crippen LogP contribution < -0.4 is 10.6 Å². The number of imidazole rings is 1. The topological polar surface area (TPSA) is 115 Å². The van der Waals surface area contributed by atoms with Gasteiger partial charge in [-0.05, 0) is 42.5 Å². The molecule has 1 aliphatic rings. The van der Waals surface area contributed by atoms with Crippen LogP contribution in [0.25, 0.3) is 28.2 Å². The molecule has 11 heteroatoms. The fourth-order valence-corrected chi connectivity index (χ4v) is 4.01. The predicted molar refractivity (Wildman–Crippen MR) is 121 cm³/mol. The SMILES string of the molecule is O=C(Nc1cn2nc(-c3c(-c4ccc(F)cc4)nn4c3CNCC4)ccc2n1)c1ccncn1. The van der Waals surface area contributed by atoms with Gasteiger partial charge in [-0.3, -0.25) is 9.48 Å². The maximum absolute atomic E-state index is 13.5. The molecule has 1 aliphatic heterocycles. The Labute approximate surface area is 192 Å². The van der Waals surface area contributed by atoms with Crippen molar-refractivity contribution in [2.75, 3.05) is 11.9 Å². The van der Waals surface area contributed by atoms with E-state index >= 15 is 0 Å². The number of carbonyl (C=O) groups excluding carboxylic acids is 1. The standard InChI is InChI=1S/C23H18FN9O/c24-15-3-1-14(2-4-15)22-21(18-11-25-9-10-32(18)31-22)16-5-6-20-28-19(12-33(20)30-16)29-23(34)17-7-8-26-13-27-17/h1-8,12-13,25H,9-11H2,(H,29,34). The molecule has 34 heavy (non-hydrogen) atoms. The lowest BCUT2D eigenvalue weighted by molar-refractivity contribution is 0.102. The molecule has 0 aliphatic carbocycles. The minimum atomic E-state index is -0.388. The Bertz CT molecular complexity index is 1510. The van der Waals surface area contributed by atoms with Crippen molar-refractivity contribution in [1.82, 2.24) is 39.7 Å². The lowest BCUT2D eigenvalue weighted by atomic mass is 10.0. The van der Waals surface area contributed by atoms with Crippen molar-refractivity contribution in [1.29, 1.82) is 0 Å². The second kappa shape index (κ2) is 8.12. The molecule has 0 saturated carbocycles. The summed E-state index contributed by atoms with van der Waals surface area (Å²) >= 11 is 0. The highest BCUT2D eigenvalue weighted by Gasteiger charge is 2.24. The summed E-state index contributed by atoms with van der Waals surface area (Å²) < 4.78 is 17.1. The molecule has 0 spiro atoms. The number of aromatic nitrogens is 7. The lowest BCUT2D eigenvalue weighted by Crippen LogP contribution is -2.28. The molecule has 0 saturated heterocycles. The zero-order valence-corrected chi connectivity index (χ0v) is 17.8. The van der Waals surface area contributed by atoms with E-state index in [1.807, 2.05) is 16.8 Å². The number of fused-ring (bicyclic) bond motifs is 2. The number of anilines is 1. The van der Waals surface area contributed by atoms with Crippen molar-refractivity contribution in [3.63, 3.8) is 0 Å². The van der Waals surface area contributed by atoms with E-state index in [0.29, 0.717) is 23.7 Å². The van der Waals surface area contributed by atoms with Crippen molar-refractivity contribution >= 4 is 17.4 Å². The molecule has 1 amide bonds. The van der Waals surface area contributed by atoms with E-state index in [1.54, 1.807) is 22.8 Å². The Morgan fingerprint density at radius 2 is 1.97 bits per heavy atom. The van der Waals surface area contributed by atoms with Crippen LogP contribution in [0.2, 0.25) is 0 Å². The zero-order valence-electron chi connectivity index (χ0n) is 17.8. The van der Waals surface area contributed by atoms with Crippen LogP contribution in [0, 0.1) is 5.82 Å². The number of benzene rings is 1. The number of nitrogens with zero attached hydrogens (tertiary/aromatic N) is 7. The first-order chi connectivity index (χ1) is 16.7. The minimum Gasteiger partial charge on any atom is -0.309 e. The quantitative estimate of drug-likeness (QED) is 0.428. The van der Waals surface area contributed by atoms with Crippen molar-refractivity contribution in [3.05, 3.63) is 78.4 Å². The van der Waals surface area contributed by atoms with E-state index in [9.17, 15) is 9.18 Å². The van der Waals surface area contributed by atoms with Crippen molar-refractivity contribution in [2.24, 2.45) is 0 Å². The lowest BCUT2D eigenvalue weighted by Gasteiger charge is -2.15. The molecular formula is C23H18FN9O. The van der Waals surface area contributed by atoms with Crippen LogP contribution >= 0.6 is 0 Å². The van der Waals surface area contributed by atoms with Crippen LogP contribution in [0.5, 0.6) is 0 Å². The van der Waals surface area contributed by atoms with Gasteiger partial charge in [-0.1, -0.05) is 0 Å². The van der Waals surface area contributed by atoms with Crippen LogP contribution in [0.3, 0.4) is 0 Å². The summed E-state index contributed by atoms with van der Waals surface area (Å²) in [5, 5.41) is 15.7. The number of nitrogens with one attached hydrogen (secondary N) is 2. The Morgan fingerprint density at radius 3 is 2.79 bits per heavy atom. The average molecular weight is 455 g/mol. The largest absolute Gasteiger partial charge is 0.309 e. The molecule has 0 radical (unpaired) electrons. The van der Waals surface area contributed by atoms with Gasteiger partial charge in [0.25, 0.3) is 5.91 Å². The summed E-state index contributed by atoms with van der Waals surface area (Å²) in [6, 6.07) is 11.5. The molecule has 0 bridgehead atoms. The third-order valence-corrected chi connectivity index (χ3v) is 5.60. The van der Waals surface area contributed by atoms with E-state index in [0.717, 1.165) is 35.6 Å². The Hall–Kier alpha value is -4.51. The van der Waals surface area contributed by atoms with Gasteiger partial charge in [-0.2, -0.15) is 10.2 Å². The molecule has 168 valence electrons. The predicted octanol–water partition coefficient (Wildman–Crippen LogP) is 2.54. The Balaban J connectivity index is 1.40. The van der Waals surface area contributed by atoms with E-state index < -0.39 is 0 Å². The Kier molecular flexibility index (Phi) is 4.81. The second-order valence-electron chi connectivity index (χ2n) is 7.77. The second-order valence-corrected chi connectivity index (χ2v) is 7.77. The number of carbonyl (C=O) groups is 1. The summed E-state index contributed by atoms with van der Waals surface area (Å²) in [7, 11) is 0. The van der Waals surface area contributed by atoms with Gasteiger partial charge in [-0.25, -0.2) is 23.9 Å². The van der Waals surface area contributed by atoms with Gasteiger partial charge in [0.05, 0.1) is 29.7 Å². The summed E-state index contributed by atoms with van der Waals surface area (Å²) in [4.78, 5) is 24.6. The molecule has 0 fully saturated rings. The molecular weight excluding hydrogens is 437 g/mol. The monoisotopic (exact) mass is 455 g/mol. The third-order valence-electron chi connectivity index (χ3n) is 5.60. The smallest absolute Gasteiger partial charge is 0.275 e. The van der Waals surface area contributed by atoms with Crippen LogP contribution in [-0.2, 0) is 13.1 Å². The number of halogens is 1. The molecule has 0 unspecified atom stereocenters. The highest BCUT2D eigenvalue weighted by Crippen LogP contribution is 2.34. The molecule has 5 aromatic rings. The van der Waals surface area contributed by atoms with Gasteiger partial charge in [0.1, 0.15) is 23.5 Å². The summed E-state index contributed by atoms with van der Waals surface area (Å²) in [5.41, 5.74) is 4.94. The number of hydrogen-bond donors (Lipinski definition) is 2. The number of rotatable bonds is 4. The molecule has 1 aromatic carbocycles. The number of amides is 1. The summed E-state index contributed by atoms with van der Waals surface area (Å²) in [6.07, 6.45) is 4.45. The van der Waals surface area contributed by atoms with Crippen LogP contribution in [0.4, 0.5) is 10.2 Å². The molecule has 0 atom stereocenters. The van der Waals surface area contributed by atoms with Gasteiger partial charge in [0.2, 0.25) is 0 Å². The highest BCUT2D eigenvalue weighted by atomic mass is 19.1. The van der Waals surface area contributed by atoms with E-state index in [4.69, 9.17) is 10.2 Å². The van der Waals surface area contributed by atoms with Crippen molar-refractivity contribution < 1.29 is 9.18 Å². The molecule has 10 nitrogen and oxygen atoms in total. The Morgan fingerprint density at radius 1 is 1.09 bits per heavy atom. The van der Waals surface area contributed by atoms with Crippen molar-refractivity contribution in [2.45, 2.75) is 13.1 Å². The summed E-state index contributed by atoms with van der Waals surface area (Å²) in [5.74, 6) is -0.336. The van der Waals surface area contributed by atoms with E-state index in [2.05, 4.69) is 25.6 Å². The molecule has 4 aromatic heterocycles. The van der Waals surface area contributed by atoms with Gasteiger partial charge >= 0.3 is 0 Å². The normalized spacial score (nSPS) is 13.1. The highest BCUT2D eigenvalue weighted by molar-refractivity contribution is 6.02. The minimum absolute atomic E-state index is 0.239. The van der Waals surface area contributed by atoms with E-state index in [1.165, 1.54) is 30.7 Å². The summed E-state index contributed by atoms with van der Waals surface area (Å²) in [6.45, 7) is 2.20. The molecule has 6 rings (SSSR count). The van der Waals surface area contributed by atoms with Gasteiger partial charge in [-0.15, -0.1) is 0 Å². The molecule has 5 heterocycles. The first-order valence-electron chi connectivity index (χ1n) is 10.7. The maximum Gasteiger partial charge on any atom is 0.275 e. The molecule has 2 N–H and O–H groups in total. The fourth-order valence-electron chi connectivity index (χ4n) is 4.01. The first kappa shape index (κ1) is 20.1. The van der Waals surface area contributed by atoms with Crippen LogP contribution in [0.1, 0.15) is 16.2 Å². The zero-order chi connectivity index (χ0) is 23.1. The van der Waals surface area contributed by atoms with E-state index in [-0.39, 0.29) is 17.4 Å². The van der Waals surface area contributed by atoms with Gasteiger partial charge < -0.3 is 10.6 Å². The third kappa shape index (κ3) is 3.57. The van der Waals surface area contributed by atoms with Crippen LogP contribution in [0.15, 0.2) is 61.2 Å². The first-order valence-corrected chi connectivity index (χ1v) is 10.7. The maximum atomic E-state index is 13.5. The number of hydrogen-bond acceptors (Lipinski definition) is 7. The van der Waals surface area contributed by atoms with Crippen LogP contribution in [-0.4, -0.2) is 46.8 Å². The fraction of sp³-hybridized carbons (Fsp3) is 0.130.